The van der Waals surface area contributed by atoms with E-state index in [1.165, 1.54) is 0 Å². The van der Waals surface area contributed by atoms with E-state index < -0.39 is 10.0 Å². The molecule has 27 heavy (non-hydrogen) atoms. The third-order valence-electron chi connectivity index (χ3n) is 4.01. The topological polar surface area (TPSA) is 84.4 Å². The highest BCUT2D eigenvalue weighted by Crippen LogP contribution is 2.22. The fraction of sp³-hybridized carbons (Fsp3) is 0.263. The quantitative estimate of drug-likeness (QED) is 0.638. The van der Waals surface area contributed by atoms with Gasteiger partial charge in [-0.25, -0.2) is 13.1 Å². The van der Waals surface area contributed by atoms with Gasteiger partial charge in [-0.1, -0.05) is 6.07 Å². The first-order valence-electron chi connectivity index (χ1n) is 8.51. The highest BCUT2D eigenvalue weighted by atomic mass is 32.2. The minimum Gasteiger partial charge on any atom is -0.490 e. The Bertz CT molecular complexity index is 1020. The monoisotopic (exact) mass is 386 g/mol. The number of benzene rings is 1. The Labute approximate surface area is 159 Å². The summed E-state index contributed by atoms with van der Waals surface area (Å²) < 4.78 is 34.1. The molecular weight excluding hydrogens is 364 g/mol. The van der Waals surface area contributed by atoms with Crippen LogP contribution in [0.2, 0.25) is 0 Å². The molecule has 0 unspecified atom stereocenters. The van der Waals surface area contributed by atoms with Gasteiger partial charge < -0.3 is 9.64 Å². The Balaban J connectivity index is 1.78. The van der Waals surface area contributed by atoms with Gasteiger partial charge in [0.2, 0.25) is 10.0 Å². The van der Waals surface area contributed by atoms with Gasteiger partial charge in [0.1, 0.15) is 12.4 Å². The number of pyridine rings is 2. The van der Waals surface area contributed by atoms with Crippen LogP contribution in [0, 0.1) is 0 Å². The predicted octanol–water partition coefficient (Wildman–Crippen LogP) is 2.05. The van der Waals surface area contributed by atoms with Gasteiger partial charge in [-0.05, 0) is 44.4 Å². The van der Waals surface area contributed by atoms with Crippen molar-refractivity contribution in [2.45, 2.75) is 11.4 Å². The predicted molar refractivity (Wildman–Crippen MR) is 104 cm³/mol. The minimum absolute atomic E-state index is 0.110. The van der Waals surface area contributed by atoms with Gasteiger partial charge in [0.25, 0.3) is 0 Å². The van der Waals surface area contributed by atoms with Crippen molar-refractivity contribution in [3.05, 3.63) is 60.6 Å². The number of hydrogen-bond acceptors (Lipinski definition) is 6. The highest BCUT2D eigenvalue weighted by Gasteiger charge is 2.18. The lowest BCUT2D eigenvalue weighted by Crippen LogP contribution is -2.24. The van der Waals surface area contributed by atoms with E-state index in [1.54, 1.807) is 55.0 Å². The zero-order chi connectivity index (χ0) is 19.3. The SMILES string of the molecule is CN(C)CCOc1cnccc1CNS(=O)(=O)c1cccc2ncccc12. The molecule has 2 heterocycles. The summed E-state index contributed by atoms with van der Waals surface area (Å²) in [6.45, 7) is 1.36. The van der Waals surface area contributed by atoms with E-state index in [0.29, 0.717) is 23.3 Å². The average Bonchev–Trinajstić information content (AvgIpc) is 2.66. The van der Waals surface area contributed by atoms with Crippen molar-refractivity contribution in [1.29, 1.82) is 0 Å². The lowest BCUT2D eigenvalue weighted by atomic mass is 10.2. The third-order valence-corrected chi connectivity index (χ3v) is 5.47. The zero-order valence-corrected chi connectivity index (χ0v) is 16.1. The molecule has 0 fully saturated rings. The van der Waals surface area contributed by atoms with E-state index in [2.05, 4.69) is 14.7 Å². The van der Waals surface area contributed by atoms with Crippen molar-refractivity contribution >= 4 is 20.9 Å². The number of fused-ring (bicyclic) bond motifs is 1. The summed E-state index contributed by atoms with van der Waals surface area (Å²) in [5, 5.41) is 0.588. The van der Waals surface area contributed by atoms with Crippen LogP contribution >= 0.6 is 0 Å². The minimum atomic E-state index is -3.71. The molecule has 0 spiro atoms. The first-order chi connectivity index (χ1) is 13.0. The number of likely N-dealkylation sites (N-methyl/N-ethyl adjacent to an activating group) is 1. The first kappa shape index (κ1) is 19.2. The third kappa shape index (κ3) is 4.79. The summed E-state index contributed by atoms with van der Waals surface area (Å²) in [6, 6.07) is 10.3. The molecule has 0 saturated heterocycles. The molecule has 1 N–H and O–H groups in total. The van der Waals surface area contributed by atoms with Crippen LogP contribution in [-0.4, -0.2) is 50.5 Å². The van der Waals surface area contributed by atoms with Crippen LogP contribution in [0.3, 0.4) is 0 Å². The molecule has 0 bridgehead atoms. The second kappa shape index (κ2) is 8.43. The van der Waals surface area contributed by atoms with Crippen LogP contribution < -0.4 is 9.46 Å². The Hall–Kier alpha value is -2.55. The largest absolute Gasteiger partial charge is 0.490 e. The van der Waals surface area contributed by atoms with Gasteiger partial charge in [-0.2, -0.15) is 0 Å². The maximum atomic E-state index is 12.8. The van der Waals surface area contributed by atoms with Crippen molar-refractivity contribution in [3.8, 4) is 5.75 Å². The molecular formula is C19H22N4O3S. The Kier molecular flexibility index (Phi) is 6.00. The summed E-state index contributed by atoms with van der Waals surface area (Å²) in [5.41, 5.74) is 1.36. The maximum absolute atomic E-state index is 12.8. The number of hydrogen-bond donors (Lipinski definition) is 1. The molecule has 0 amide bonds. The molecule has 0 aliphatic heterocycles. The standard InChI is InChI=1S/C19H22N4O3S/c1-23(2)11-12-26-18-14-20-10-8-15(18)13-22-27(24,25)19-7-3-6-17-16(19)5-4-9-21-17/h3-10,14,22H,11-13H2,1-2H3. The maximum Gasteiger partial charge on any atom is 0.241 e. The molecule has 2 aromatic heterocycles. The summed E-state index contributed by atoms with van der Waals surface area (Å²) >= 11 is 0. The fourth-order valence-corrected chi connectivity index (χ4v) is 3.80. The zero-order valence-electron chi connectivity index (χ0n) is 15.3. The number of sulfonamides is 1. The smallest absolute Gasteiger partial charge is 0.241 e. The van der Waals surface area contributed by atoms with Gasteiger partial charge in [-0.3, -0.25) is 9.97 Å². The average molecular weight is 386 g/mol. The van der Waals surface area contributed by atoms with Gasteiger partial charge in [0.15, 0.2) is 0 Å². The lowest BCUT2D eigenvalue weighted by molar-refractivity contribution is 0.258. The lowest BCUT2D eigenvalue weighted by Gasteiger charge is -2.14. The van der Waals surface area contributed by atoms with Crippen LogP contribution in [0.15, 0.2) is 59.9 Å². The fourth-order valence-electron chi connectivity index (χ4n) is 2.58. The Morgan fingerprint density at radius 1 is 1.11 bits per heavy atom. The van der Waals surface area contributed by atoms with E-state index in [9.17, 15) is 8.42 Å². The van der Waals surface area contributed by atoms with E-state index in [-0.39, 0.29) is 11.4 Å². The summed E-state index contributed by atoms with van der Waals surface area (Å²) in [6.07, 6.45) is 4.85. The van der Waals surface area contributed by atoms with Crippen LogP contribution in [0.5, 0.6) is 5.75 Å². The van der Waals surface area contributed by atoms with Crippen molar-refractivity contribution in [3.63, 3.8) is 0 Å². The van der Waals surface area contributed by atoms with Crippen molar-refractivity contribution in [2.75, 3.05) is 27.2 Å². The van der Waals surface area contributed by atoms with E-state index in [1.807, 2.05) is 19.0 Å². The number of aromatic nitrogens is 2. The summed E-state index contributed by atoms with van der Waals surface area (Å²) in [7, 11) is 0.208. The van der Waals surface area contributed by atoms with Crippen LogP contribution in [0.1, 0.15) is 5.56 Å². The number of rotatable bonds is 8. The van der Waals surface area contributed by atoms with Gasteiger partial charge >= 0.3 is 0 Å². The summed E-state index contributed by atoms with van der Waals surface area (Å²) in [5.74, 6) is 0.571. The van der Waals surface area contributed by atoms with Crippen LogP contribution in [-0.2, 0) is 16.6 Å². The van der Waals surface area contributed by atoms with Gasteiger partial charge in [0.05, 0.1) is 16.6 Å². The molecule has 0 aliphatic carbocycles. The van der Waals surface area contributed by atoms with Crippen LogP contribution in [0.4, 0.5) is 0 Å². The van der Waals surface area contributed by atoms with E-state index >= 15 is 0 Å². The second-order valence-electron chi connectivity index (χ2n) is 6.29. The Morgan fingerprint density at radius 2 is 1.96 bits per heavy atom. The number of ether oxygens (including phenoxy) is 1. The molecule has 0 atom stereocenters. The van der Waals surface area contributed by atoms with Crippen molar-refractivity contribution in [2.24, 2.45) is 0 Å². The molecule has 8 heteroatoms. The summed E-state index contributed by atoms with van der Waals surface area (Å²) in [4.78, 5) is 10.5. The van der Waals surface area contributed by atoms with Gasteiger partial charge in [-0.15, -0.1) is 0 Å². The molecule has 3 aromatic rings. The van der Waals surface area contributed by atoms with E-state index in [0.717, 1.165) is 12.1 Å². The first-order valence-corrected chi connectivity index (χ1v) is 9.99. The number of nitrogens with zero attached hydrogens (tertiary/aromatic N) is 3. The van der Waals surface area contributed by atoms with E-state index in [4.69, 9.17) is 4.74 Å². The number of nitrogens with one attached hydrogen (secondary N) is 1. The molecule has 1 aromatic carbocycles. The Morgan fingerprint density at radius 3 is 2.78 bits per heavy atom. The van der Waals surface area contributed by atoms with Crippen molar-refractivity contribution < 1.29 is 13.2 Å². The molecule has 142 valence electrons. The molecule has 7 nitrogen and oxygen atoms in total. The molecule has 0 radical (unpaired) electrons. The molecule has 0 aliphatic rings. The highest BCUT2D eigenvalue weighted by molar-refractivity contribution is 7.89. The van der Waals surface area contributed by atoms with Crippen molar-refractivity contribution in [1.82, 2.24) is 19.6 Å². The second-order valence-corrected chi connectivity index (χ2v) is 8.02. The van der Waals surface area contributed by atoms with Crippen LogP contribution in [0.25, 0.3) is 10.9 Å². The van der Waals surface area contributed by atoms with Gasteiger partial charge in [0, 0.05) is 36.4 Å². The normalized spacial score (nSPS) is 11.8. The molecule has 3 rings (SSSR count). The molecule has 0 saturated carbocycles.